The first-order chi connectivity index (χ1) is 21.1. The van der Waals surface area contributed by atoms with Gasteiger partial charge in [0.05, 0.1) is 36.4 Å². The van der Waals surface area contributed by atoms with Gasteiger partial charge in [-0.3, -0.25) is 19.4 Å². The van der Waals surface area contributed by atoms with Crippen LogP contribution in [0.25, 0.3) is 0 Å². The zero-order valence-corrected chi connectivity index (χ0v) is 26.9. The minimum absolute atomic E-state index is 0. The van der Waals surface area contributed by atoms with Gasteiger partial charge in [-0.25, -0.2) is 0 Å². The highest BCUT2D eigenvalue weighted by Crippen LogP contribution is 2.64. The maximum atomic E-state index is 13.1. The molecule has 46 heavy (non-hydrogen) atoms. The normalized spacial score (nSPS) is 29.1. The van der Waals surface area contributed by atoms with E-state index < -0.39 is 18.1 Å². The summed E-state index contributed by atoms with van der Waals surface area (Å²) >= 11 is 1.57. The summed E-state index contributed by atoms with van der Waals surface area (Å²) < 4.78 is 29.6. The van der Waals surface area contributed by atoms with Gasteiger partial charge in [-0.15, -0.1) is 0 Å². The number of phenolic OH excluding ortho intramolecular Hbond substituents is 1. The predicted molar refractivity (Wildman–Crippen MR) is 174 cm³/mol. The van der Waals surface area contributed by atoms with Crippen LogP contribution in [0.4, 0.5) is 0 Å². The smallest absolute Gasteiger partial charge is 0.309 e. The number of methoxy groups -OCH3 is 1. The number of ether oxygens (including phenoxy) is 5. The average molecular weight is 651 g/mol. The number of nitrogens with zero attached hydrogens (tertiary/aromatic N) is 3. The van der Waals surface area contributed by atoms with E-state index in [1.165, 1.54) is 6.92 Å². The molecule has 0 saturated carbocycles. The van der Waals surface area contributed by atoms with Gasteiger partial charge >= 0.3 is 11.9 Å². The van der Waals surface area contributed by atoms with Crippen molar-refractivity contribution in [1.29, 1.82) is 5.26 Å². The van der Waals surface area contributed by atoms with Crippen LogP contribution in [0.3, 0.4) is 0 Å². The van der Waals surface area contributed by atoms with E-state index in [1.807, 2.05) is 27.8 Å². The van der Waals surface area contributed by atoms with E-state index in [0.717, 1.165) is 22.3 Å². The van der Waals surface area contributed by atoms with Crippen molar-refractivity contribution in [2.75, 3.05) is 33.3 Å². The van der Waals surface area contributed by atoms with Crippen LogP contribution in [0.5, 0.6) is 28.7 Å². The number of carbonyl (C=O) groups excluding carboxylic acids is 2. The van der Waals surface area contributed by atoms with Crippen LogP contribution in [-0.4, -0.2) is 86.7 Å². The molecule has 3 radical (unpaired) electrons. The number of esters is 2. The molecule has 0 aromatic heterocycles. The zero-order chi connectivity index (χ0) is 31.2. The summed E-state index contributed by atoms with van der Waals surface area (Å²) in [6, 6.07) is 2.50. The molecule has 2 fully saturated rings. The highest BCUT2D eigenvalue weighted by Gasteiger charge is 2.60. The van der Waals surface area contributed by atoms with Gasteiger partial charge in [-0.05, 0) is 38.4 Å². The second kappa shape index (κ2) is 12.2. The second-order valence-electron chi connectivity index (χ2n) is 12.3. The number of carbonyl (C=O) groups is 2. The number of phenols is 1. The first-order valence-corrected chi connectivity index (χ1v) is 15.8. The van der Waals surface area contributed by atoms with Gasteiger partial charge in [0.2, 0.25) is 6.79 Å². The number of likely N-dealkylation sites (N-methyl/N-ethyl adjacent to an activating group) is 1. The number of hydrogen-bond donors (Lipinski definition) is 1. The summed E-state index contributed by atoms with van der Waals surface area (Å²) in [5, 5.41) is 22.2. The van der Waals surface area contributed by atoms with E-state index >= 15 is 0 Å². The molecule has 2 saturated heterocycles. The summed E-state index contributed by atoms with van der Waals surface area (Å²) in [5.41, 5.74) is 4.70. The van der Waals surface area contributed by atoms with E-state index in [-0.39, 0.29) is 71.7 Å². The van der Waals surface area contributed by atoms with Crippen molar-refractivity contribution in [3.8, 4) is 34.8 Å². The van der Waals surface area contributed by atoms with Crippen molar-refractivity contribution in [1.82, 2.24) is 9.80 Å². The zero-order valence-electron chi connectivity index (χ0n) is 26.1. The molecule has 1 N–H and O–H groups in total. The van der Waals surface area contributed by atoms with Gasteiger partial charge in [0.1, 0.15) is 18.4 Å². The average Bonchev–Trinajstić information content (AvgIpc) is 3.47. The van der Waals surface area contributed by atoms with Crippen LogP contribution in [0, 0.1) is 31.1 Å². The Kier molecular flexibility index (Phi) is 8.96. The summed E-state index contributed by atoms with van der Waals surface area (Å²) in [6.45, 7) is 6.93. The van der Waals surface area contributed by atoms with Crippen LogP contribution in [0.2, 0.25) is 0 Å². The summed E-state index contributed by atoms with van der Waals surface area (Å²) in [7, 11) is 3.55. The third kappa shape index (κ3) is 4.63. The molecule has 0 amide bonds. The Labute approximate surface area is 277 Å². The summed E-state index contributed by atoms with van der Waals surface area (Å²) in [5.74, 6) is 1.17. The fourth-order valence-corrected chi connectivity index (χ4v) is 9.58. The summed E-state index contributed by atoms with van der Waals surface area (Å²) in [6.07, 6.45) is 0.542. The number of fused-ring (bicyclic) bond motifs is 9. The number of hydrogen-bond acceptors (Lipinski definition) is 12. The molecule has 2 aromatic rings. The first kappa shape index (κ1) is 33.8. The van der Waals surface area contributed by atoms with Crippen LogP contribution in [0.15, 0.2) is 6.07 Å². The quantitative estimate of drug-likeness (QED) is 0.281. The monoisotopic (exact) mass is 650 g/mol. The van der Waals surface area contributed by atoms with Gasteiger partial charge in [0.15, 0.2) is 23.0 Å². The van der Waals surface area contributed by atoms with Gasteiger partial charge in [-0.2, -0.15) is 17.0 Å². The minimum atomic E-state index is -0.606. The second-order valence-corrected chi connectivity index (χ2v) is 13.5. The molecule has 2 aromatic carbocycles. The van der Waals surface area contributed by atoms with Crippen molar-refractivity contribution in [2.24, 2.45) is 5.92 Å². The van der Waals surface area contributed by atoms with E-state index in [2.05, 4.69) is 21.9 Å². The number of rotatable bonds is 2. The lowest BCUT2D eigenvalue weighted by molar-refractivity contribution is -0.153. The Bertz CT molecular complexity index is 1650. The molecule has 5 heterocycles. The SMILES string of the molecule is C.COc1c(C)cc2c(c1O)[C@@H]1[C@@H]3[C@@H]4SC[C@H](C)C(=O)OC[C@@H](c5c6c(c(C)c(OC(C)=O)c54)OCO6)N3[C@@H](C#N)[C@H](C2)N1C.[B].[HH]. The van der Waals surface area contributed by atoms with Crippen molar-refractivity contribution < 1.29 is 39.8 Å². The van der Waals surface area contributed by atoms with E-state index in [4.69, 9.17) is 23.7 Å². The van der Waals surface area contributed by atoms with E-state index in [9.17, 15) is 20.0 Å². The molecule has 5 aliphatic heterocycles. The number of thioether (sulfide) groups is 1. The third-order valence-electron chi connectivity index (χ3n) is 9.86. The lowest BCUT2D eigenvalue weighted by Crippen LogP contribution is -2.69. The lowest BCUT2D eigenvalue weighted by atomic mass is 9.71. The molecule has 4 bridgehead atoms. The van der Waals surface area contributed by atoms with Gasteiger partial charge < -0.3 is 28.8 Å². The third-order valence-corrected chi connectivity index (χ3v) is 11.4. The molecule has 0 spiro atoms. The lowest BCUT2D eigenvalue weighted by Gasteiger charge is -2.61. The van der Waals surface area contributed by atoms with E-state index in [1.54, 1.807) is 18.9 Å². The molecule has 11 nitrogen and oxygen atoms in total. The number of aromatic hydroxyl groups is 1. The van der Waals surface area contributed by atoms with E-state index in [0.29, 0.717) is 46.3 Å². The van der Waals surface area contributed by atoms with Crippen LogP contribution < -0.4 is 18.9 Å². The van der Waals surface area contributed by atoms with Gasteiger partial charge in [0.25, 0.3) is 0 Å². The molecule has 7 atom stereocenters. The number of piperazine rings is 1. The van der Waals surface area contributed by atoms with Gasteiger partial charge in [0, 0.05) is 56.9 Å². The number of benzene rings is 2. The Morgan fingerprint density at radius 3 is 2.57 bits per heavy atom. The van der Waals surface area contributed by atoms with Crippen molar-refractivity contribution >= 4 is 32.1 Å². The Hall–Kier alpha value is -3.60. The van der Waals surface area contributed by atoms with Crippen LogP contribution >= 0.6 is 11.8 Å². The van der Waals surface area contributed by atoms with Gasteiger partial charge in [-0.1, -0.05) is 20.4 Å². The topological polar surface area (TPSA) is 131 Å². The maximum absolute atomic E-state index is 13.1. The molecule has 0 aliphatic carbocycles. The van der Waals surface area contributed by atoms with Crippen molar-refractivity contribution in [3.05, 3.63) is 39.4 Å². The van der Waals surface area contributed by atoms with Crippen LogP contribution in [-0.2, 0) is 20.7 Å². The van der Waals surface area contributed by atoms with Crippen molar-refractivity contribution in [3.63, 3.8) is 0 Å². The molecular formula is C33H41BN3O8S. The Morgan fingerprint density at radius 1 is 1.17 bits per heavy atom. The standard InChI is InChI=1S/C32H35N3O8S.CH4.B.H2/c1-13-7-17-8-18-19(9-33)35-20-10-40-32(38)14(2)11-44-31(25(35)24(34(18)5)21(17)26(37)27(13)39-6)23-22(20)30-29(41-12-42-30)15(3)28(23)43-16(4)36;;;/h7,14,18-20,24-25,31,37H,8,10-12H2,1-6H3;1H4;;1H/t14-,18-,19-,20-,24+,25+,31+;;;/m0.../s1. The molecule has 0 unspecified atom stereocenters. The fraction of sp³-hybridized carbons (Fsp3) is 0.545. The maximum Gasteiger partial charge on any atom is 0.309 e. The number of aryl methyl sites for hydroxylation is 1. The number of cyclic esters (lactones) is 1. The first-order valence-electron chi connectivity index (χ1n) is 14.8. The Balaban J connectivity index is 0.00000167. The molecule has 5 aliphatic rings. The Morgan fingerprint density at radius 2 is 1.89 bits per heavy atom. The van der Waals surface area contributed by atoms with Crippen LogP contribution in [0.1, 0.15) is 73.4 Å². The largest absolute Gasteiger partial charge is 0.504 e. The summed E-state index contributed by atoms with van der Waals surface area (Å²) in [4.78, 5) is 30.0. The molecular weight excluding hydrogens is 609 g/mol. The molecule has 7 rings (SSSR count). The molecule has 13 heteroatoms. The highest BCUT2D eigenvalue weighted by molar-refractivity contribution is 7.99. The number of nitriles is 1. The minimum Gasteiger partial charge on any atom is -0.504 e. The fourth-order valence-electron chi connectivity index (χ4n) is 8.06. The van der Waals surface area contributed by atoms with Crippen molar-refractivity contribution in [2.45, 2.75) is 77.0 Å². The predicted octanol–water partition coefficient (Wildman–Crippen LogP) is 4.37. The highest BCUT2D eigenvalue weighted by atomic mass is 32.2. The molecule has 245 valence electrons.